The number of halogens is 2. The molecule has 1 atom stereocenters. The van der Waals surface area contributed by atoms with E-state index in [2.05, 4.69) is 10.0 Å². The molecule has 36 heavy (non-hydrogen) atoms. The van der Waals surface area contributed by atoms with Crippen molar-refractivity contribution < 1.29 is 18.0 Å². The molecule has 1 aliphatic rings. The predicted molar refractivity (Wildman–Crippen MR) is 140 cm³/mol. The van der Waals surface area contributed by atoms with Crippen LogP contribution in [0, 0.1) is 0 Å². The molecule has 0 saturated carbocycles. The molecule has 2 N–H and O–H groups in total. The number of benzene rings is 2. The molecule has 2 aromatic carbocycles. The number of hydrogen-bond donors (Lipinski definition) is 2. The number of carbonyl (C=O) groups is 2. The summed E-state index contributed by atoms with van der Waals surface area (Å²) in [7, 11) is 0.527. The number of urea groups is 1. The Bertz CT molecular complexity index is 1430. The van der Waals surface area contributed by atoms with Crippen molar-refractivity contribution in [1.29, 1.82) is 0 Å². The molecule has 12 heteroatoms. The van der Waals surface area contributed by atoms with Gasteiger partial charge in [0, 0.05) is 45.1 Å². The number of fused-ring (bicyclic) bond motifs is 1. The molecule has 3 aromatic rings. The number of nitrogens with one attached hydrogen (secondary N) is 2. The van der Waals surface area contributed by atoms with Crippen LogP contribution in [0.15, 0.2) is 48.5 Å². The molecule has 0 radical (unpaired) electrons. The Morgan fingerprint density at radius 2 is 1.78 bits per heavy atom. The number of hydrogen-bond acceptors (Lipinski definition) is 4. The Kier molecular flexibility index (Phi) is 7.25. The molecular weight excluding hydrogens is 525 g/mol. The van der Waals surface area contributed by atoms with E-state index < -0.39 is 21.8 Å². The summed E-state index contributed by atoms with van der Waals surface area (Å²) in [6, 6.07) is 13.6. The van der Waals surface area contributed by atoms with Gasteiger partial charge < -0.3 is 14.8 Å². The third-order valence-electron chi connectivity index (χ3n) is 6.44. The molecule has 9 nitrogen and oxygen atoms in total. The van der Waals surface area contributed by atoms with Crippen LogP contribution in [0.25, 0.3) is 10.9 Å². The molecule has 1 aliphatic heterocycles. The minimum Gasteiger partial charge on any atom is -0.340 e. The van der Waals surface area contributed by atoms with Gasteiger partial charge in [0.05, 0.1) is 15.6 Å². The van der Waals surface area contributed by atoms with E-state index in [1.54, 1.807) is 29.8 Å². The summed E-state index contributed by atoms with van der Waals surface area (Å²) in [6.45, 7) is 0.165. The first kappa shape index (κ1) is 26.3. The summed E-state index contributed by atoms with van der Waals surface area (Å²) < 4.78 is 31.1. The van der Waals surface area contributed by atoms with E-state index in [1.165, 1.54) is 18.4 Å². The van der Waals surface area contributed by atoms with Gasteiger partial charge in [-0.15, -0.1) is 0 Å². The highest BCUT2D eigenvalue weighted by molar-refractivity contribution is 7.87. The summed E-state index contributed by atoms with van der Waals surface area (Å²) in [5, 5.41) is 4.50. The van der Waals surface area contributed by atoms with Crippen molar-refractivity contribution in [3.8, 4) is 0 Å². The quantitative estimate of drug-likeness (QED) is 0.504. The van der Waals surface area contributed by atoms with Gasteiger partial charge in [0.25, 0.3) is 5.91 Å². The van der Waals surface area contributed by atoms with Gasteiger partial charge in [-0.2, -0.15) is 12.7 Å². The maximum atomic E-state index is 13.6. The molecule has 1 saturated heterocycles. The fourth-order valence-corrected chi connectivity index (χ4v) is 6.17. The summed E-state index contributed by atoms with van der Waals surface area (Å²) in [6.07, 6.45) is 0.982. The largest absolute Gasteiger partial charge is 0.340 e. The lowest BCUT2D eigenvalue weighted by molar-refractivity contribution is 0.0835. The highest BCUT2D eigenvalue weighted by Crippen LogP contribution is 2.35. The molecule has 0 bridgehead atoms. The molecule has 1 fully saturated rings. The lowest BCUT2D eigenvalue weighted by Crippen LogP contribution is -2.60. The molecule has 3 amide bonds. The molecule has 2 heterocycles. The van der Waals surface area contributed by atoms with Gasteiger partial charge in [0.2, 0.25) is 0 Å². The van der Waals surface area contributed by atoms with Crippen LogP contribution in [-0.2, 0) is 22.8 Å². The summed E-state index contributed by atoms with van der Waals surface area (Å²) >= 11 is 12.5. The standard InChI is InChI=1S/C24H27Cl2N5O4S/c1-29(2)23(33)28-36(34,35)31-13-7-12-24(15-31,16-8-5-4-6-9-16)27-22(32)20-14-17-19(30(20)3)11-10-18(25)21(17)26/h4-6,8-11,14H,7,12-13,15H2,1-3H3,(H,27,32)(H,28,33). The van der Waals surface area contributed by atoms with Gasteiger partial charge in [0.15, 0.2) is 0 Å². The van der Waals surface area contributed by atoms with Crippen molar-refractivity contribution in [3.05, 3.63) is 69.8 Å². The molecule has 1 aromatic heterocycles. The first-order valence-electron chi connectivity index (χ1n) is 11.3. The molecule has 4 rings (SSSR count). The average molecular weight is 552 g/mol. The van der Waals surface area contributed by atoms with E-state index in [0.29, 0.717) is 34.0 Å². The van der Waals surface area contributed by atoms with Crippen molar-refractivity contribution in [1.82, 2.24) is 23.8 Å². The van der Waals surface area contributed by atoms with Gasteiger partial charge in [-0.05, 0) is 36.6 Å². The van der Waals surface area contributed by atoms with Crippen LogP contribution in [0.4, 0.5) is 4.79 Å². The summed E-state index contributed by atoms with van der Waals surface area (Å²) in [5.41, 5.74) is 0.828. The molecule has 0 aliphatic carbocycles. The molecular formula is C24H27Cl2N5O4S. The van der Waals surface area contributed by atoms with Crippen LogP contribution in [0.1, 0.15) is 28.9 Å². The van der Waals surface area contributed by atoms with Gasteiger partial charge in [-0.1, -0.05) is 53.5 Å². The summed E-state index contributed by atoms with van der Waals surface area (Å²) in [5.74, 6) is -0.388. The zero-order valence-electron chi connectivity index (χ0n) is 20.1. The van der Waals surface area contributed by atoms with Crippen LogP contribution in [-0.4, -0.2) is 61.3 Å². The van der Waals surface area contributed by atoms with E-state index in [0.717, 1.165) is 16.0 Å². The predicted octanol–water partition coefficient (Wildman–Crippen LogP) is 3.72. The Morgan fingerprint density at radius 3 is 2.44 bits per heavy atom. The number of aryl methyl sites for hydroxylation is 1. The zero-order valence-corrected chi connectivity index (χ0v) is 22.4. The minimum absolute atomic E-state index is 0.0463. The number of piperidine rings is 1. The molecule has 0 spiro atoms. The van der Waals surface area contributed by atoms with Gasteiger partial charge in [-0.3, -0.25) is 4.79 Å². The van der Waals surface area contributed by atoms with E-state index in [-0.39, 0.29) is 19.0 Å². The zero-order chi connectivity index (χ0) is 26.3. The van der Waals surface area contributed by atoms with Crippen molar-refractivity contribution in [3.63, 3.8) is 0 Å². The van der Waals surface area contributed by atoms with Crippen molar-refractivity contribution in [2.24, 2.45) is 7.05 Å². The van der Waals surface area contributed by atoms with Crippen molar-refractivity contribution in [2.45, 2.75) is 18.4 Å². The second-order valence-corrected chi connectivity index (χ2v) is 11.5. The number of amides is 3. The Balaban J connectivity index is 1.71. The maximum absolute atomic E-state index is 13.6. The second-order valence-electron chi connectivity index (χ2n) is 9.03. The first-order chi connectivity index (χ1) is 16.9. The van der Waals surface area contributed by atoms with Gasteiger partial charge in [0.1, 0.15) is 5.69 Å². The van der Waals surface area contributed by atoms with Crippen LogP contribution in [0.2, 0.25) is 10.0 Å². The SMILES string of the molecule is CN(C)C(=O)NS(=O)(=O)N1CCCC(NC(=O)c2cc3c(Cl)c(Cl)ccc3n2C)(c2ccccc2)C1. The van der Waals surface area contributed by atoms with Crippen LogP contribution < -0.4 is 10.0 Å². The van der Waals surface area contributed by atoms with Crippen LogP contribution in [0.3, 0.4) is 0 Å². The molecule has 1 unspecified atom stereocenters. The highest BCUT2D eigenvalue weighted by atomic mass is 35.5. The van der Waals surface area contributed by atoms with Crippen LogP contribution >= 0.6 is 23.2 Å². The number of carbonyl (C=O) groups excluding carboxylic acids is 2. The Hall–Kier alpha value is -2.79. The lowest BCUT2D eigenvalue weighted by atomic mass is 9.82. The normalized spacial score (nSPS) is 18.7. The average Bonchev–Trinajstić information content (AvgIpc) is 3.19. The van der Waals surface area contributed by atoms with Crippen molar-refractivity contribution >= 4 is 56.3 Å². The monoisotopic (exact) mass is 551 g/mol. The second kappa shape index (κ2) is 9.93. The van der Waals surface area contributed by atoms with Gasteiger partial charge >= 0.3 is 16.2 Å². The van der Waals surface area contributed by atoms with E-state index in [4.69, 9.17) is 23.2 Å². The Morgan fingerprint density at radius 1 is 1.08 bits per heavy atom. The highest BCUT2D eigenvalue weighted by Gasteiger charge is 2.43. The fraction of sp³-hybridized carbons (Fsp3) is 0.333. The third-order valence-corrected chi connectivity index (χ3v) is 8.69. The maximum Gasteiger partial charge on any atom is 0.331 e. The van der Waals surface area contributed by atoms with Gasteiger partial charge in [-0.25, -0.2) is 9.52 Å². The topological polar surface area (TPSA) is 104 Å². The fourth-order valence-electron chi connectivity index (χ4n) is 4.50. The number of nitrogens with zero attached hydrogens (tertiary/aromatic N) is 3. The Labute approximate surface area is 220 Å². The first-order valence-corrected chi connectivity index (χ1v) is 13.5. The van der Waals surface area contributed by atoms with Crippen molar-refractivity contribution in [2.75, 3.05) is 27.2 Å². The van der Waals surface area contributed by atoms with E-state index in [1.807, 2.05) is 30.3 Å². The smallest absolute Gasteiger partial charge is 0.331 e. The van der Waals surface area contributed by atoms with E-state index in [9.17, 15) is 18.0 Å². The molecule has 192 valence electrons. The summed E-state index contributed by atoms with van der Waals surface area (Å²) in [4.78, 5) is 26.9. The number of rotatable bonds is 5. The lowest BCUT2D eigenvalue weighted by Gasteiger charge is -2.43. The number of aromatic nitrogens is 1. The minimum atomic E-state index is -4.14. The van der Waals surface area contributed by atoms with Crippen LogP contribution in [0.5, 0.6) is 0 Å². The third kappa shape index (κ3) is 4.90. The van der Waals surface area contributed by atoms with E-state index >= 15 is 0 Å².